The number of carbonyl (C=O) groups is 2. The zero-order chi connectivity index (χ0) is 19.4. The highest BCUT2D eigenvalue weighted by molar-refractivity contribution is 5.96. The van der Waals surface area contributed by atoms with Gasteiger partial charge in [0, 0.05) is 5.69 Å². The Morgan fingerprint density at radius 1 is 1.04 bits per heavy atom. The molecular formula is C21H23NO5. The van der Waals surface area contributed by atoms with E-state index in [0.717, 1.165) is 5.56 Å². The van der Waals surface area contributed by atoms with Gasteiger partial charge >= 0.3 is 5.97 Å². The first-order valence-electron chi connectivity index (χ1n) is 8.94. The van der Waals surface area contributed by atoms with Crippen LogP contribution in [0.1, 0.15) is 32.3 Å². The van der Waals surface area contributed by atoms with Gasteiger partial charge in [-0.2, -0.15) is 0 Å². The Bertz CT molecular complexity index is 833. The molecule has 3 rings (SSSR count). The lowest BCUT2D eigenvalue weighted by Gasteiger charge is -2.26. The number of ether oxygens (including phenoxy) is 3. The van der Waals surface area contributed by atoms with Gasteiger partial charge in [-0.05, 0) is 36.6 Å². The number of hydrogen-bond donors (Lipinski definition) is 1. The van der Waals surface area contributed by atoms with Gasteiger partial charge in [-0.1, -0.05) is 44.2 Å². The van der Waals surface area contributed by atoms with E-state index in [1.165, 1.54) is 6.92 Å². The average Bonchev–Trinajstić information content (AvgIpc) is 2.67. The minimum Gasteiger partial charge on any atom is -0.485 e. The molecule has 6 nitrogen and oxygen atoms in total. The molecule has 6 heteroatoms. The van der Waals surface area contributed by atoms with Crippen LogP contribution >= 0.6 is 0 Å². The molecule has 0 fully saturated rings. The highest BCUT2D eigenvalue weighted by atomic mass is 16.6. The molecule has 1 heterocycles. The van der Waals surface area contributed by atoms with Crippen LogP contribution < -0.4 is 14.8 Å². The quantitative estimate of drug-likeness (QED) is 0.817. The van der Waals surface area contributed by atoms with Crippen LogP contribution in [-0.4, -0.2) is 30.7 Å². The Morgan fingerprint density at radius 2 is 1.70 bits per heavy atom. The molecule has 1 N–H and O–H groups in total. The zero-order valence-corrected chi connectivity index (χ0v) is 15.6. The summed E-state index contributed by atoms with van der Waals surface area (Å²) in [7, 11) is 0. The normalized spacial score (nSPS) is 16.5. The standard InChI is InChI=1S/C21H23NO5/c1-13(2)15-8-4-5-9-16(15)22-20(23)14(3)26-21(24)19-12-25-17-10-6-7-11-18(17)27-19/h4-11,13-14,19H,12H2,1-3H3,(H,22,23)/t14-,19+/m1/s1. The molecule has 27 heavy (non-hydrogen) atoms. The third-order valence-corrected chi connectivity index (χ3v) is 4.27. The van der Waals surface area contributed by atoms with Crippen molar-refractivity contribution in [1.29, 1.82) is 0 Å². The van der Waals surface area contributed by atoms with E-state index in [4.69, 9.17) is 14.2 Å². The lowest BCUT2D eigenvalue weighted by Crippen LogP contribution is -2.41. The fourth-order valence-corrected chi connectivity index (χ4v) is 2.79. The summed E-state index contributed by atoms with van der Waals surface area (Å²) in [4.78, 5) is 24.8. The van der Waals surface area contributed by atoms with E-state index >= 15 is 0 Å². The predicted octanol–water partition coefficient (Wildman–Crippen LogP) is 3.52. The smallest absolute Gasteiger partial charge is 0.351 e. The molecule has 0 aromatic heterocycles. The minimum atomic E-state index is -0.960. The molecule has 1 amide bonds. The monoisotopic (exact) mass is 369 g/mol. The Balaban J connectivity index is 1.59. The molecule has 0 saturated heterocycles. The van der Waals surface area contributed by atoms with Crippen molar-refractivity contribution in [2.75, 3.05) is 11.9 Å². The van der Waals surface area contributed by atoms with Crippen LogP contribution in [0.3, 0.4) is 0 Å². The summed E-state index contributed by atoms with van der Waals surface area (Å²) >= 11 is 0. The van der Waals surface area contributed by atoms with Crippen LogP contribution in [-0.2, 0) is 14.3 Å². The summed E-state index contributed by atoms with van der Waals surface area (Å²) in [6.45, 7) is 5.67. The maximum absolute atomic E-state index is 12.4. The summed E-state index contributed by atoms with van der Waals surface area (Å²) in [5, 5.41) is 2.83. The van der Waals surface area contributed by atoms with Crippen molar-refractivity contribution in [3.8, 4) is 11.5 Å². The van der Waals surface area contributed by atoms with Crippen LogP contribution in [0, 0.1) is 0 Å². The summed E-state index contributed by atoms with van der Waals surface area (Å²) in [5.41, 5.74) is 1.73. The van der Waals surface area contributed by atoms with Crippen LogP contribution in [0.25, 0.3) is 0 Å². The fraction of sp³-hybridized carbons (Fsp3) is 0.333. The molecule has 0 spiro atoms. The Hall–Kier alpha value is -3.02. The molecule has 0 saturated carbocycles. The molecule has 2 aromatic carbocycles. The molecule has 0 bridgehead atoms. The molecule has 0 unspecified atom stereocenters. The van der Waals surface area contributed by atoms with E-state index in [1.807, 2.05) is 44.2 Å². The summed E-state index contributed by atoms with van der Waals surface area (Å²) in [6.07, 6.45) is -1.86. The van der Waals surface area contributed by atoms with E-state index in [0.29, 0.717) is 17.2 Å². The van der Waals surface area contributed by atoms with E-state index < -0.39 is 24.1 Å². The topological polar surface area (TPSA) is 73.9 Å². The van der Waals surface area contributed by atoms with Crippen LogP contribution in [0.5, 0.6) is 11.5 Å². The fourth-order valence-electron chi connectivity index (χ4n) is 2.79. The number of hydrogen-bond acceptors (Lipinski definition) is 5. The van der Waals surface area contributed by atoms with Crippen molar-refractivity contribution in [2.24, 2.45) is 0 Å². The van der Waals surface area contributed by atoms with E-state index in [2.05, 4.69) is 5.32 Å². The van der Waals surface area contributed by atoms with Crippen LogP contribution in [0.15, 0.2) is 48.5 Å². The Kier molecular flexibility index (Phi) is 5.64. The van der Waals surface area contributed by atoms with Gasteiger partial charge in [0.1, 0.15) is 6.61 Å². The maximum atomic E-state index is 12.4. The highest BCUT2D eigenvalue weighted by Crippen LogP contribution is 2.31. The number of rotatable bonds is 5. The zero-order valence-electron chi connectivity index (χ0n) is 15.6. The first-order chi connectivity index (χ1) is 13.0. The molecule has 0 aliphatic carbocycles. The second-order valence-electron chi connectivity index (χ2n) is 6.67. The number of nitrogens with one attached hydrogen (secondary N) is 1. The number of benzene rings is 2. The third kappa shape index (κ3) is 4.39. The minimum absolute atomic E-state index is 0.0420. The molecule has 2 aromatic rings. The first-order valence-corrected chi connectivity index (χ1v) is 8.94. The number of para-hydroxylation sites is 3. The van der Waals surface area contributed by atoms with Crippen molar-refractivity contribution in [1.82, 2.24) is 0 Å². The molecule has 142 valence electrons. The third-order valence-electron chi connectivity index (χ3n) is 4.27. The maximum Gasteiger partial charge on any atom is 0.351 e. The Labute approximate surface area is 158 Å². The number of amides is 1. The summed E-state index contributed by atoms with van der Waals surface area (Å²) in [5.74, 6) is 0.288. The van der Waals surface area contributed by atoms with Gasteiger partial charge < -0.3 is 19.5 Å². The summed E-state index contributed by atoms with van der Waals surface area (Å²) in [6, 6.07) is 14.7. The summed E-state index contributed by atoms with van der Waals surface area (Å²) < 4.78 is 16.4. The van der Waals surface area contributed by atoms with Gasteiger partial charge in [0.05, 0.1) is 0 Å². The molecule has 1 aliphatic heterocycles. The highest BCUT2D eigenvalue weighted by Gasteiger charge is 2.31. The van der Waals surface area contributed by atoms with Crippen LogP contribution in [0.4, 0.5) is 5.69 Å². The van der Waals surface area contributed by atoms with Gasteiger partial charge in [-0.15, -0.1) is 0 Å². The number of esters is 1. The van der Waals surface area contributed by atoms with E-state index in [9.17, 15) is 9.59 Å². The first kappa shape index (κ1) is 18.8. The number of anilines is 1. The molecule has 2 atom stereocenters. The number of carbonyl (C=O) groups excluding carboxylic acids is 2. The van der Waals surface area contributed by atoms with Gasteiger partial charge in [0.2, 0.25) is 6.10 Å². The lowest BCUT2D eigenvalue weighted by molar-refractivity contribution is -0.162. The van der Waals surface area contributed by atoms with Crippen molar-refractivity contribution < 1.29 is 23.8 Å². The number of fused-ring (bicyclic) bond motifs is 1. The van der Waals surface area contributed by atoms with Crippen molar-refractivity contribution in [2.45, 2.75) is 38.9 Å². The second-order valence-corrected chi connectivity index (χ2v) is 6.67. The molecule has 0 radical (unpaired) electrons. The van der Waals surface area contributed by atoms with Gasteiger partial charge in [0.15, 0.2) is 17.6 Å². The van der Waals surface area contributed by atoms with Gasteiger partial charge in [-0.25, -0.2) is 4.79 Å². The van der Waals surface area contributed by atoms with Crippen molar-refractivity contribution in [3.63, 3.8) is 0 Å². The molecular weight excluding hydrogens is 346 g/mol. The second kappa shape index (κ2) is 8.12. The van der Waals surface area contributed by atoms with Gasteiger partial charge in [0.25, 0.3) is 5.91 Å². The lowest BCUT2D eigenvalue weighted by atomic mass is 10.0. The van der Waals surface area contributed by atoms with Gasteiger partial charge in [-0.3, -0.25) is 4.79 Å². The molecule has 1 aliphatic rings. The van der Waals surface area contributed by atoms with Crippen molar-refractivity contribution in [3.05, 3.63) is 54.1 Å². The Morgan fingerprint density at radius 3 is 2.44 bits per heavy atom. The average molecular weight is 369 g/mol. The van der Waals surface area contributed by atoms with Crippen LogP contribution in [0.2, 0.25) is 0 Å². The largest absolute Gasteiger partial charge is 0.485 e. The predicted molar refractivity (Wildman–Crippen MR) is 101 cm³/mol. The van der Waals surface area contributed by atoms with E-state index in [-0.39, 0.29) is 12.5 Å². The SMILES string of the molecule is CC(C)c1ccccc1NC(=O)[C@@H](C)OC(=O)[C@@H]1COc2ccccc2O1. The van der Waals surface area contributed by atoms with Crippen molar-refractivity contribution >= 4 is 17.6 Å². The van der Waals surface area contributed by atoms with E-state index in [1.54, 1.807) is 18.2 Å².